The van der Waals surface area contributed by atoms with Crippen LogP contribution < -0.4 is 0 Å². The van der Waals surface area contributed by atoms with E-state index in [-0.39, 0.29) is 11.3 Å². The van der Waals surface area contributed by atoms with Gasteiger partial charge in [0.2, 0.25) is 0 Å². The lowest BCUT2D eigenvalue weighted by Crippen LogP contribution is -2.41. The molecule has 2 heterocycles. The van der Waals surface area contributed by atoms with E-state index in [2.05, 4.69) is 37.6 Å². The molecule has 4 nitrogen and oxygen atoms in total. The minimum Gasteiger partial charge on any atom is -0.481 e. The van der Waals surface area contributed by atoms with Crippen molar-refractivity contribution in [1.82, 2.24) is 9.88 Å². The van der Waals surface area contributed by atoms with Gasteiger partial charge in [-0.3, -0.25) is 9.69 Å². The maximum Gasteiger partial charge on any atom is 0.307 e. The number of aromatic nitrogens is 1. The van der Waals surface area contributed by atoms with Gasteiger partial charge in [0.15, 0.2) is 0 Å². The molecule has 2 unspecified atom stereocenters. The summed E-state index contributed by atoms with van der Waals surface area (Å²) in [7, 11) is 0. The first kappa shape index (κ1) is 15.4. The van der Waals surface area contributed by atoms with E-state index in [1.165, 1.54) is 4.88 Å². The predicted molar refractivity (Wildman–Crippen MR) is 81.0 cm³/mol. The van der Waals surface area contributed by atoms with E-state index in [4.69, 9.17) is 0 Å². The first-order chi connectivity index (χ1) is 9.25. The Hall–Kier alpha value is -0.940. The highest BCUT2D eigenvalue weighted by molar-refractivity contribution is 7.11. The molecule has 1 fully saturated rings. The van der Waals surface area contributed by atoms with Crippen molar-refractivity contribution in [3.8, 4) is 0 Å². The molecule has 1 N–H and O–H groups in total. The van der Waals surface area contributed by atoms with Gasteiger partial charge in [-0.25, -0.2) is 4.98 Å². The minimum absolute atomic E-state index is 0.134. The van der Waals surface area contributed by atoms with Gasteiger partial charge in [0, 0.05) is 24.2 Å². The van der Waals surface area contributed by atoms with Gasteiger partial charge in [-0.2, -0.15) is 0 Å². The first-order valence-electron chi connectivity index (χ1n) is 7.16. The highest BCUT2D eigenvalue weighted by Gasteiger charge is 2.30. The summed E-state index contributed by atoms with van der Waals surface area (Å²) in [5.74, 6) is -0.469. The molecule has 0 amide bonds. The molecule has 0 aromatic carbocycles. The van der Waals surface area contributed by atoms with Gasteiger partial charge in [0.1, 0.15) is 5.01 Å². The molecule has 20 heavy (non-hydrogen) atoms. The molecule has 0 saturated carbocycles. The van der Waals surface area contributed by atoms with E-state index in [9.17, 15) is 9.90 Å². The summed E-state index contributed by atoms with van der Waals surface area (Å²) in [6.07, 6.45) is 2.75. The van der Waals surface area contributed by atoms with Gasteiger partial charge in [-0.1, -0.05) is 27.7 Å². The molecule has 0 radical (unpaired) electrons. The fourth-order valence-electron chi connectivity index (χ4n) is 2.69. The number of likely N-dealkylation sites (tertiary alicyclic amines) is 1. The molecule has 112 valence electrons. The SMILES string of the molecule is CC1CC(C(=O)O)CN(Cc2ncc(C(C)(C)C)s2)C1. The van der Waals surface area contributed by atoms with Crippen molar-refractivity contribution in [2.45, 2.75) is 46.1 Å². The van der Waals surface area contributed by atoms with Gasteiger partial charge in [-0.15, -0.1) is 11.3 Å². The maximum atomic E-state index is 11.2. The van der Waals surface area contributed by atoms with Crippen LogP contribution in [-0.4, -0.2) is 34.0 Å². The zero-order valence-corrected chi connectivity index (χ0v) is 13.5. The Labute approximate surface area is 124 Å². The topological polar surface area (TPSA) is 53.4 Å². The molecule has 1 aliphatic heterocycles. The number of nitrogens with zero attached hydrogens (tertiary/aromatic N) is 2. The standard InChI is InChI=1S/C15H24N2O2S/c1-10-5-11(14(18)19)8-17(7-10)9-13-16-6-12(20-13)15(2,3)4/h6,10-11H,5,7-9H2,1-4H3,(H,18,19). The monoisotopic (exact) mass is 296 g/mol. The van der Waals surface area contributed by atoms with Crippen LogP contribution in [0.4, 0.5) is 0 Å². The quantitative estimate of drug-likeness (QED) is 0.931. The highest BCUT2D eigenvalue weighted by Crippen LogP contribution is 2.29. The van der Waals surface area contributed by atoms with Gasteiger partial charge in [0.25, 0.3) is 0 Å². The van der Waals surface area contributed by atoms with Crippen LogP contribution in [0.5, 0.6) is 0 Å². The molecule has 1 saturated heterocycles. The fraction of sp³-hybridized carbons (Fsp3) is 0.733. The summed E-state index contributed by atoms with van der Waals surface area (Å²) in [4.78, 5) is 19.2. The van der Waals surface area contributed by atoms with Crippen molar-refractivity contribution in [3.05, 3.63) is 16.1 Å². The smallest absolute Gasteiger partial charge is 0.307 e. The second-order valence-electron chi connectivity index (χ2n) is 6.94. The van der Waals surface area contributed by atoms with Crippen molar-refractivity contribution in [3.63, 3.8) is 0 Å². The normalized spacial score (nSPS) is 24.8. The van der Waals surface area contributed by atoms with Crippen LogP contribution in [0.1, 0.15) is 44.0 Å². The van der Waals surface area contributed by atoms with E-state index in [0.29, 0.717) is 12.5 Å². The number of hydrogen-bond donors (Lipinski definition) is 1. The van der Waals surface area contributed by atoms with Crippen molar-refractivity contribution in [1.29, 1.82) is 0 Å². The number of hydrogen-bond acceptors (Lipinski definition) is 4. The van der Waals surface area contributed by atoms with E-state index < -0.39 is 5.97 Å². The van der Waals surface area contributed by atoms with Crippen molar-refractivity contribution < 1.29 is 9.90 Å². The first-order valence-corrected chi connectivity index (χ1v) is 7.97. The Morgan fingerprint density at radius 2 is 2.20 bits per heavy atom. The lowest BCUT2D eigenvalue weighted by Gasteiger charge is -2.34. The lowest BCUT2D eigenvalue weighted by atomic mass is 9.90. The highest BCUT2D eigenvalue weighted by atomic mass is 32.1. The number of carboxylic acids is 1. The summed E-state index contributed by atoms with van der Waals surface area (Å²) < 4.78 is 0. The van der Waals surface area contributed by atoms with Crippen LogP contribution in [-0.2, 0) is 16.8 Å². The summed E-state index contributed by atoms with van der Waals surface area (Å²) in [5.41, 5.74) is 0.134. The van der Waals surface area contributed by atoms with Crippen LogP contribution in [0.25, 0.3) is 0 Å². The zero-order chi connectivity index (χ0) is 14.9. The van der Waals surface area contributed by atoms with Crippen molar-refractivity contribution in [2.24, 2.45) is 11.8 Å². The maximum absolute atomic E-state index is 11.2. The molecule has 5 heteroatoms. The summed E-state index contributed by atoms with van der Waals surface area (Å²) >= 11 is 1.74. The Bertz CT molecular complexity index is 478. The molecule has 0 bridgehead atoms. The number of rotatable bonds is 3. The van der Waals surface area contributed by atoms with Crippen LogP contribution in [0.3, 0.4) is 0 Å². The van der Waals surface area contributed by atoms with Crippen LogP contribution in [0.2, 0.25) is 0 Å². The third-order valence-electron chi connectivity index (χ3n) is 3.74. The van der Waals surface area contributed by atoms with E-state index in [0.717, 1.165) is 24.5 Å². The molecule has 1 aromatic rings. The second kappa shape index (κ2) is 5.82. The number of aliphatic carboxylic acids is 1. The van der Waals surface area contributed by atoms with Gasteiger partial charge in [0.05, 0.1) is 12.5 Å². The number of piperidine rings is 1. The van der Waals surface area contributed by atoms with E-state index >= 15 is 0 Å². The van der Waals surface area contributed by atoms with Crippen molar-refractivity contribution in [2.75, 3.05) is 13.1 Å². The molecule has 2 rings (SSSR count). The molecular formula is C15H24N2O2S. The van der Waals surface area contributed by atoms with Crippen LogP contribution in [0, 0.1) is 11.8 Å². The Morgan fingerprint density at radius 1 is 1.50 bits per heavy atom. The third kappa shape index (κ3) is 3.79. The average molecular weight is 296 g/mol. The number of carboxylic acid groups (broad SMARTS) is 1. The number of thiazole rings is 1. The predicted octanol–water partition coefficient (Wildman–Crippen LogP) is 2.98. The molecule has 2 atom stereocenters. The molecular weight excluding hydrogens is 272 g/mol. The number of carbonyl (C=O) groups is 1. The summed E-state index contributed by atoms with van der Waals surface area (Å²) in [6, 6.07) is 0. The van der Waals surface area contributed by atoms with Gasteiger partial charge in [-0.05, 0) is 17.8 Å². The van der Waals surface area contributed by atoms with Crippen LogP contribution >= 0.6 is 11.3 Å². The second-order valence-corrected chi connectivity index (χ2v) is 8.05. The summed E-state index contributed by atoms with van der Waals surface area (Å²) in [6.45, 7) is 11.1. The van der Waals surface area contributed by atoms with Gasteiger partial charge >= 0.3 is 5.97 Å². The Balaban J connectivity index is 2.02. The Morgan fingerprint density at radius 3 is 2.75 bits per heavy atom. The average Bonchev–Trinajstić information content (AvgIpc) is 2.76. The third-order valence-corrected chi connectivity index (χ3v) is 5.14. The van der Waals surface area contributed by atoms with E-state index in [1.54, 1.807) is 11.3 Å². The fourth-order valence-corrected chi connectivity index (χ4v) is 3.71. The largest absolute Gasteiger partial charge is 0.481 e. The molecule has 1 aromatic heterocycles. The molecule has 1 aliphatic rings. The van der Waals surface area contributed by atoms with Crippen LogP contribution in [0.15, 0.2) is 6.20 Å². The lowest BCUT2D eigenvalue weighted by molar-refractivity contribution is -0.144. The summed E-state index contributed by atoms with van der Waals surface area (Å²) in [5, 5.41) is 10.3. The molecule has 0 aliphatic carbocycles. The zero-order valence-electron chi connectivity index (χ0n) is 12.7. The van der Waals surface area contributed by atoms with Crippen molar-refractivity contribution >= 4 is 17.3 Å². The van der Waals surface area contributed by atoms with Gasteiger partial charge < -0.3 is 5.11 Å². The van der Waals surface area contributed by atoms with E-state index in [1.807, 2.05) is 6.20 Å². The molecule has 0 spiro atoms. The minimum atomic E-state index is -0.670. The Kier molecular flexibility index (Phi) is 4.49.